The number of hydrogen-bond donors (Lipinski definition) is 1. The topological polar surface area (TPSA) is 99.1 Å². The Hall–Kier alpha value is -3.04. The second kappa shape index (κ2) is 10.9. The van der Waals surface area contributed by atoms with Crippen LogP contribution in [0.5, 0.6) is 0 Å². The first kappa shape index (κ1) is 26.0. The van der Waals surface area contributed by atoms with Gasteiger partial charge in [-0.3, -0.25) is 19.7 Å². The molecule has 0 aliphatic carbocycles. The minimum atomic E-state index is -0.479. The number of β-amino-alcohol motifs (C(OH)–C–C–N with tert-alkyl or cyclic N) is 1. The zero-order chi connectivity index (χ0) is 25.9. The lowest BCUT2D eigenvalue weighted by atomic mass is 10.0. The lowest BCUT2D eigenvalue weighted by molar-refractivity contribution is 0.0152. The molecule has 1 aromatic heterocycles. The summed E-state index contributed by atoms with van der Waals surface area (Å²) in [6.07, 6.45) is 5.31. The second-order valence-corrected chi connectivity index (χ2v) is 10.8. The van der Waals surface area contributed by atoms with Crippen LogP contribution >= 0.6 is 0 Å². The Bertz CT molecular complexity index is 1040. The van der Waals surface area contributed by atoms with Crippen molar-refractivity contribution < 1.29 is 19.4 Å². The van der Waals surface area contributed by atoms with Crippen molar-refractivity contribution in [2.24, 2.45) is 0 Å². The fourth-order valence-electron chi connectivity index (χ4n) is 4.68. The number of likely N-dealkylation sites (tertiary alicyclic amines) is 2. The number of aliphatic hydroxyl groups excluding tert-OH is 1. The smallest absolute Gasteiger partial charge is 0.410 e. The van der Waals surface area contributed by atoms with Crippen LogP contribution in [-0.2, 0) is 11.3 Å². The molecule has 0 spiro atoms. The average Bonchev–Trinajstić information content (AvgIpc) is 3.29. The first-order valence-electron chi connectivity index (χ1n) is 12.7. The van der Waals surface area contributed by atoms with Crippen molar-refractivity contribution >= 4 is 12.0 Å². The van der Waals surface area contributed by atoms with Crippen LogP contribution in [0.4, 0.5) is 4.79 Å². The number of amides is 2. The number of carbonyl (C=O) groups is 2. The molecule has 0 radical (unpaired) electrons. The molecule has 2 saturated heterocycles. The van der Waals surface area contributed by atoms with Crippen LogP contribution in [0, 0.1) is 0 Å². The van der Waals surface area contributed by atoms with Crippen LogP contribution in [0.25, 0.3) is 11.3 Å². The number of ether oxygens (including phenoxy) is 1. The molecule has 36 heavy (non-hydrogen) atoms. The van der Waals surface area contributed by atoms with E-state index >= 15 is 0 Å². The maximum absolute atomic E-state index is 12.6. The second-order valence-electron chi connectivity index (χ2n) is 10.8. The summed E-state index contributed by atoms with van der Waals surface area (Å²) in [7, 11) is 2.08. The highest BCUT2D eigenvalue weighted by atomic mass is 16.6. The van der Waals surface area contributed by atoms with Crippen LogP contribution in [0.15, 0.2) is 36.7 Å². The summed E-state index contributed by atoms with van der Waals surface area (Å²) in [5.74, 6) is -0.0560. The molecule has 2 aromatic rings. The van der Waals surface area contributed by atoms with Crippen LogP contribution in [0.2, 0.25) is 0 Å². The van der Waals surface area contributed by atoms with Crippen LogP contribution in [0.1, 0.15) is 56.1 Å². The maximum Gasteiger partial charge on any atom is 0.410 e. The molecule has 4 rings (SSSR count). The molecule has 0 saturated carbocycles. The monoisotopic (exact) mass is 495 g/mol. The van der Waals surface area contributed by atoms with Gasteiger partial charge in [-0.1, -0.05) is 12.1 Å². The number of aliphatic hydroxyl groups is 1. The normalized spacial score (nSPS) is 19.1. The molecule has 2 fully saturated rings. The van der Waals surface area contributed by atoms with Crippen molar-refractivity contribution in [1.82, 2.24) is 24.7 Å². The summed E-state index contributed by atoms with van der Waals surface area (Å²) in [6.45, 7) is 8.69. The highest BCUT2D eigenvalue weighted by Crippen LogP contribution is 2.22. The van der Waals surface area contributed by atoms with E-state index in [4.69, 9.17) is 4.74 Å². The van der Waals surface area contributed by atoms with Gasteiger partial charge in [-0.2, -0.15) is 0 Å². The molecule has 2 aliphatic rings. The van der Waals surface area contributed by atoms with Crippen molar-refractivity contribution in [2.45, 2.75) is 64.3 Å². The zero-order valence-corrected chi connectivity index (χ0v) is 21.7. The molecule has 2 aliphatic heterocycles. The minimum Gasteiger partial charge on any atom is -0.444 e. The zero-order valence-electron chi connectivity index (χ0n) is 21.7. The van der Waals surface area contributed by atoms with E-state index < -0.39 is 11.7 Å². The SMILES string of the molecule is CN(Cc1cnc(-c2ccc(C(=O)N3CCC(O)C3)cc2)cn1)C1CCN(C(=O)OC(C)(C)C)CC1. The third kappa shape index (κ3) is 6.59. The van der Waals surface area contributed by atoms with E-state index in [1.54, 1.807) is 34.3 Å². The quantitative estimate of drug-likeness (QED) is 0.680. The molecule has 0 bridgehead atoms. The molecule has 1 aromatic carbocycles. The minimum absolute atomic E-state index is 0.0560. The van der Waals surface area contributed by atoms with Crippen LogP contribution < -0.4 is 0 Å². The average molecular weight is 496 g/mol. The van der Waals surface area contributed by atoms with Crippen molar-refractivity contribution in [1.29, 1.82) is 0 Å². The molecule has 1 unspecified atom stereocenters. The first-order valence-corrected chi connectivity index (χ1v) is 12.7. The molecule has 9 nitrogen and oxygen atoms in total. The number of hydrogen-bond acceptors (Lipinski definition) is 7. The molecule has 1 N–H and O–H groups in total. The molecular weight excluding hydrogens is 458 g/mol. The predicted octanol–water partition coefficient (Wildman–Crippen LogP) is 3.18. The molecule has 1 atom stereocenters. The summed E-state index contributed by atoms with van der Waals surface area (Å²) in [4.78, 5) is 39.8. The lowest BCUT2D eigenvalue weighted by Gasteiger charge is -2.37. The van der Waals surface area contributed by atoms with E-state index in [2.05, 4.69) is 21.9 Å². The highest BCUT2D eigenvalue weighted by molar-refractivity contribution is 5.94. The number of nitrogens with zero attached hydrogens (tertiary/aromatic N) is 5. The van der Waals surface area contributed by atoms with Crippen molar-refractivity contribution in [3.8, 4) is 11.3 Å². The Labute approximate surface area is 213 Å². The summed E-state index contributed by atoms with van der Waals surface area (Å²) in [6, 6.07) is 7.74. The Balaban J connectivity index is 1.28. The molecule has 3 heterocycles. The number of aromatic nitrogens is 2. The van der Waals surface area contributed by atoms with Crippen LogP contribution in [0.3, 0.4) is 0 Å². The van der Waals surface area contributed by atoms with Gasteiger partial charge in [0.1, 0.15) is 5.60 Å². The Kier molecular flexibility index (Phi) is 7.90. The predicted molar refractivity (Wildman–Crippen MR) is 136 cm³/mol. The maximum atomic E-state index is 12.6. The number of carbonyl (C=O) groups excluding carboxylic acids is 2. The molecule has 194 valence electrons. The lowest BCUT2D eigenvalue weighted by Crippen LogP contribution is -2.46. The van der Waals surface area contributed by atoms with Gasteiger partial charge in [-0.25, -0.2) is 4.79 Å². The third-order valence-corrected chi connectivity index (χ3v) is 6.73. The standard InChI is InChI=1S/C27H37N5O4/c1-27(2,3)36-26(35)31-12-9-22(10-13-31)30(4)17-21-15-29-24(16-28-21)19-5-7-20(8-6-19)25(34)32-14-11-23(33)18-32/h5-8,15-16,22-23,33H,9-14,17-18H2,1-4H3. The van der Waals surface area contributed by atoms with E-state index in [1.165, 1.54) is 0 Å². The Morgan fingerprint density at radius 2 is 1.69 bits per heavy atom. The van der Waals surface area contributed by atoms with Gasteiger partial charge in [0.2, 0.25) is 0 Å². The van der Waals surface area contributed by atoms with Crippen LogP contribution in [-0.4, -0.2) is 92.7 Å². The van der Waals surface area contributed by atoms with Gasteiger partial charge in [0, 0.05) is 49.9 Å². The Morgan fingerprint density at radius 3 is 2.25 bits per heavy atom. The number of piperidine rings is 1. The van der Waals surface area contributed by atoms with E-state index in [9.17, 15) is 14.7 Å². The fraction of sp³-hybridized carbons (Fsp3) is 0.556. The van der Waals surface area contributed by atoms with Crippen molar-refractivity contribution in [2.75, 3.05) is 33.2 Å². The Morgan fingerprint density at radius 1 is 1.03 bits per heavy atom. The molecule has 2 amide bonds. The fourth-order valence-corrected chi connectivity index (χ4v) is 4.68. The number of rotatable bonds is 5. The van der Waals surface area contributed by atoms with Gasteiger partial charge in [0.15, 0.2) is 0 Å². The van der Waals surface area contributed by atoms with Gasteiger partial charge in [0.05, 0.1) is 29.9 Å². The molecule has 9 heteroatoms. The summed E-state index contributed by atoms with van der Waals surface area (Å²) >= 11 is 0. The van der Waals surface area contributed by atoms with Gasteiger partial charge in [0.25, 0.3) is 5.91 Å². The van der Waals surface area contributed by atoms with E-state index in [0.29, 0.717) is 50.7 Å². The largest absolute Gasteiger partial charge is 0.444 e. The summed E-state index contributed by atoms with van der Waals surface area (Å²) in [5.41, 5.74) is 2.66. The third-order valence-electron chi connectivity index (χ3n) is 6.73. The summed E-state index contributed by atoms with van der Waals surface area (Å²) < 4.78 is 5.49. The van der Waals surface area contributed by atoms with Crippen molar-refractivity contribution in [3.63, 3.8) is 0 Å². The van der Waals surface area contributed by atoms with E-state index in [1.807, 2.05) is 32.9 Å². The van der Waals surface area contributed by atoms with E-state index in [0.717, 1.165) is 29.8 Å². The molecular formula is C27H37N5O4. The first-order chi connectivity index (χ1) is 17.1. The van der Waals surface area contributed by atoms with Crippen molar-refractivity contribution in [3.05, 3.63) is 47.9 Å². The van der Waals surface area contributed by atoms with Gasteiger partial charge in [-0.05, 0) is 59.2 Å². The van der Waals surface area contributed by atoms with E-state index in [-0.39, 0.29) is 12.0 Å². The van der Waals surface area contributed by atoms with Gasteiger partial charge in [-0.15, -0.1) is 0 Å². The number of benzene rings is 1. The van der Waals surface area contributed by atoms with Gasteiger partial charge >= 0.3 is 6.09 Å². The van der Waals surface area contributed by atoms with Gasteiger partial charge < -0.3 is 19.6 Å². The highest BCUT2D eigenvalue weighted by Gasteiger charge is 2.29. The summed E-state index contributed by atoms with van der Waals surface area (Å²) in [5, 5.41) is 9.67.